The molecule has 32 heavy (non-hydrogen) atoms. The Morgan fingerprint density at radius 1 is 1.25 bits per heavy atom. The molecule has 0 aliphatic carbocycles. The van der Waals surface area contributed by atoms with E-state index >= 15 is 0 Å². The third kappa shape index (κ3) is 5.09. The Kier molecular flexibility index (Phi) is 7.49. The number of methoxy groups -OCH3 is 1. The van der Waals surface area contributed by atoms with Crippen molar-refractivity contribution in [2.24, 2.45) is 11.5 Å². The second kappa shape index (κ2) is 10.3. The van der Waals surface area contributed by atoms with Gasteiger partial charge in [-0.1, -0.05) is 18.3 Å². The lowest BCUT2D eigenvalue weighted by molar-refractivity contribution is 0.0991. The number of thioether (sulfide) groups is 1. The topological polar surface area (TPSA) is 100 Å². The van der Waals surface area contributed by atoms with E-state index in [9.17, 15) is 13.6 Å². The van der Waals surface area contributed by atoms with Crippen molar-refractivity contribution in [3.8, 4) is 22.8 Å². The number of primary amides is 1. The fourth-order valence-corrected chi connectivity index (χ4v) is 4.33. The first kappa shape index (κ1) is 23.3. The molecule has 0 aliphatic heterocycles. The Morgan fingerprint density at radius 2 is 1.97 bits per heavy atom. The van der Waals surface area contributed by atoms with E-state index in [0.29, 0.717) is 21.4 Å². The summed E-state index contributed by atoms with van der Waals surface area (Å²) in [5.41, 5.74) is 11.1. The SMILES string of the molecule is C=C(S/C=C\N)c1sc(COc2ccc(F)c(C(N)=O)c2F)nc1-c1ccc(OC)cc1. The highest BCUT2D eigenvalue weighted by molar-refractivity contribution is 8.11. The van der Waals surface area contributed by atoms with Crippen LogP contribution < -0.4 is 20.9 Å². The van der Waals surface area contributed by atoms with Crippen LogP contribution in [0.5, 0.6) is 11.5 Å². The molecule has 0 spiro atoms. The molecule has 10 heteroatoms. The molecular formula is C22H19F2N3O3S2. The van der Waals surface area contributed by atoms with Gasteiger partial charge in [0.15, 0.2) is 11.6 Å². The number of ether oxygens (including phenoxy) is 2. The van der Waals surface area contributed by atoms with Gasteiger partial charge in [0.2, 0.25) is 0 Å². The van der Waals surface area contributed by atoms with Crippen LogP contribution in [0.2, 0.25) is 0 Å². The second-order valence-electron chi connectivity index (χ2n) is 6.27. The van der Waals surface area contributed by atoms with Crippen LogP contribution in [0.25, 0.3) is 16.2 Å². The van der Waals surface area contributed by atoms with E-state index in [1.807, 2.05) is 24.3 Å². The maximum atomic E-state index is 14.4. The molecule has 0 bridgehead atoms. The molecule has 2 aromatic carbocycles. The first-order valence-corrected chi connectivity index (χ1v) is 10.8. The molecule has 0 unspecified atom stereocenters. The van der Waals surface area contributed by atoms with E-state index in [4.69, 9.17) is 20.9 Å². The fourth-order valence-electron chi connectivity index (χ4n) is 2.74. The zero-order valence-corrected chi connectivity index (χ0v) is 18.6. The maximum absolute atomic E-state index is 14.4. The number of nitrogens with two attached hydrogens (primary N) is 2. The van der Waals surface area contributed by atoms with E-state index in [-0.39, 0.29) is 12.4 Å². The lowest BCUT2D eigenvalue weighted by atomic mass is 10.1. The molecule has 0 saturated carbocycles. The Balaban J connectivity index is 1.92. The summed E-state index contributed by atoms with van der Waals surface area (Å²) in [5.74, 6) is -3.03. The van der Waals surface area contributed by atoms with Crippen LogP contribution in [0.1, 0.15) is 20.2 Å². The Labute approximate surface area is 191 Å². The Bertz CT molecular complexity index is 1180. The smallest absolute Gasteiger partial charge is 0.254 e. The van der Waals surface area contributed by atoms with Crippen molar-refractivity contribution < 1.29 is 23.0 Å². The number of hydrogen-bond acceptors (Lipinski definition) is 7. The average Bonchev–Trinajstić information content (AvgIpc) is 3.21. The van der Waals surface area contributed by atoms with Gasteiger partial charge < -0.3 is 20.9 Å². The number of benzene rings is 2. The van der Waals surface area contributed by atoms with Crippen LogP contribution in [0.15, 0.2) is 54.6 Å². The van der Waals surface area contributed by atoms with Crippen LogP contribution >= 0.6 is 23.1 Å². The molecule has 0 atom stereocenters. The van der Waals surface area contributed by atoms with Crippen molar-refractivity contribution in [1.82, 2.24) is 4.98 Å². The average molecular weight is 476 g/mol. The normalized spacial score (nSPS) is 11.0. The van der Waals surface area contributed by atoms with Crippen molar-refractivity contribution in [2.45, 2.75) is 6.61 Å². The second-order valence-corrected chi connectivity index (χ2v) is 8.36. The van der Waals surface area contributed by atoms with E-state index < -0.39 is 23.1 Å². The summed E-state index contributed by atoms with van der Waals surface area (Å²) in [6, 6.07) is 9.35. The van der Waals surface area contributed by atoms with E-state index in [0.717, 1.165) is 22.6 Å². The summed E-state index contributed by atoms with van der Waals surface area (Å²) >= 11 is 2.65. The molecule has 0 saturated heterocycles. The highest BCUT2D eigenvalue weighted by atomic mass is 32.2. The first-order chi connectivity index (χ1) is 15.3. The summed E-state index contributed by atoms with van der Waals surface area (Å²) in [5, 5.41) is 2.21. The number of carbonyl (C=O) groups is 1. The number of carbonyl (C=O) groups excluding carboxylic acids is 1. The van der Waals surface area contributed by atoms with Crippen molar-refractivity contribution >= 4 is 33.9 Å². The quantitative estimate of drug-likeness (QED) is 0.456. The van der Waals surface area contributed by atoms with Crippen LogP contribution in [0.3, 0.4) is 0 Å². The van der Waals surface area contributed by atoms with Gasteiger partial charge in [-0.3, -0.25) is 4.79 Å². The summed E-state index contributed by atoms with van der Waals surface area (Å²) in [6.45, 7) is 3.96. The maximum Gasteiger partial charge on any atom is 0.254 e. The summed E-state index contributed by atoms with van der Waals surface area (Å²) in [4.78, 5) is 17.4. The predicted octanol–water partition coefficient (Wildman–Crippen LogP) is 4.91. The van der Waals surface area contributed by atoms with E-state index in [2.05, 4.69) is 11.6 Å². The molecule has 0 aliphatic rings. The van der Waals surface area contributed by atoms with Gasteiger partial charge in [-0.25, -0.2) is 13.8 Å². The monoisotopic (exact) mass is 475 g/mol. The van der Waals surface area contributed by atoms with Crippen LogP contribution in [0, 0.1) is 11.6 Å². The van der Waals surface area contributed by atoms with Crippen molar-refractivity contribution in [3.05, 3.63) is 81.7 Å². The zero-order chi connectivity index (χ0) is 23.3. The molecule has 6 nitrogen and oxygen atoms in total. The summed E-state index contributed by atoms with van der Waals surface area (Å²) < 4.78 is 38.8. The standard InChI is InChI=1S/C22H19F2N3O3S2/c1-12(31-10-9-25)21-20(13-3-5-14(29-2)6-4-13)27-17(32-21)11-30-16-8-7-15(23)18(19(16)24)22(26)28/h3-10H,1,11,25H2,2H3,(H2,26,28)/b10-9-. The number of thiazole rings is 1. The van der Waals surface area contributed by atoms with Gasteiger partial charge in [-0.2, -0.15) is 0 Å². The lowest BCUT2D eigenvalue weighted by Crippen LogP contribution is -2.16. The van der Waals surface area contributed by atoms with Gasteiger partial charge in [-0.15, -0.1) is 11.3 Å². The van der Waals surface area contributed by atoms with Crippen LogP contribution in [-0.2, 0) is 6.61 Å². The van der Waals surface area contributed by atoms with Gasteiger partial charge in [0.05, 0.1) is 17.7 Å². The fraction of sp³-hybridized carbons (Fsp3) is 0.0909. The molecular weight excluding hydrogens is 456 g/mol. The summed E-state index contributed by atoms with van der Waals surface area (Å²) in [6.07, 6.45) is 1.40. The van der Waals surface area contributed by atoms with E-state index in [1.54, 1.807) is 12.5 Å². The predicted molar refractivity (Wildman–Crippen MR) is 123 cm³/mol. The minimum atomic E-state index is -1.22. The van der Waals surface area contributed by atoms with Gasteiger partial charge in [0, 0.05) is 16.7 Å². The third-order valence-corrected chi connectivity index (χ3v) is 6.23. The number of hydrogen-bond donors (Lipinski definition) is 2. The molecule has 0 fully saturated rings. The van der Waals surface area contributed by atoms with E-state index in [1.165, 1.54) is 29.3 Å². The molecule has 0 radical (unpaired) electrons. The molecule has 3 aromatic rings. The highest BCUT2D eigenvalue weighted by Crippen LogP contribution is 2.39. The summed E-state index contributed by atoms with van der Waals surface area (Å²) in [7, 11) is 1.58. The zero-order valence-electron chi connectivity index (χ0n) is 16.9. The number of halogens is 2. The lowest BCUT2D eigenvalue weighted by Gasteiger charge is -2.08. The third-order valence-electron chi connectivity index (χ3n) is 4.23. The number of aromatic nitrogens is 1. The first-order valence-electron chi connectivity index (χ1n) is 9.13. The van der Waals surface area contributed by atoms with Gasteiger partial charge in [-0.05, 0) is 41.8 Å². The molecule has 166 valence electrons. The van der Waals surface area contributed by atoms with Gasteiger partial charge in [0.25, 0.3) is 5.91 Å². The van der Waals surface area contributed by atoms with Crippen LogP contribution in [-0.4, -0.2) is 18.0 Å². The minimum Gasteiger partial charge on any atom is -0.497 e. The highest BCUT2D eigenvalue weighted by Gasteiger charge is 2.21. The molecule has 1 heterocycles. The minimum absolute atomic E-state index is 0.112. The van der Waals surface area contributed by atoms with Crippen molar-refractivity contribution in [3.63, 3.8) is 0 Å². The van der Waals surface area contributed by atoms with Crippen LogP contribution in [0.4, 0.5) is 8.78 Å². The molecule has 1 aromatic heterocycles. The molecule has 4 N–H and O–H groups in total. The molecule has 3 rings (SSSR count). The number of nitrogens with zero attached hydrogens (tertiary/aromatic N) is 1. The Morgan fingerprint density at radius 3 is 2.59 bits per heavy atom. The van der Waals surface area contributed by atoms with Crippen molar-refractivity contribution in [2.75, 3.05) is 7.11 Å². The number of rotatable bonds is 9. The molecule has 1 amide bonds. The van der Waals surface area contributed by atoms with Gasteiger partial charge >= 0.3 is 0 Å². The Hall–Kier alpha value is -3.37. The largest absolute Gasteiger partial charge is 0.497 e. The van der Waals surface area contributed by atoms with Crippen molar-refractivity contribution in [1.29, 1.82) is 0 Å². The number of amides is 1. The van der Waals surface area contributed by atoms with Gasteiger partial charge in [0.1, 0.15) is 28.7 Å².